The molecule has 1 unspecified atom stereocenters. The van der Waals surface area contributed by atoms with Gasteiger partial charge in [0.2, 0.25) is 5.91 Å². The summed E-state index contributed by atoms with van der Waals surface area (Å²) in [4.78, 5) is 12.0. The largest absolute Gasteiger partial charge is 0.346 e. The highest BCUT2D eigenvalue weighted by Gasteiger charge is 2.14. The third-order valence-electron chi connectivity index (χ3n) is 4.28. The molecule has 0 fully saturated rings. The minimum absolute atomic E-state index is 0.0359. The predicted molar refractivity (Wildman–Crippen MR) is 90.5 cm³/mol. The zero-order chi connectivity index (χ0) is 16.2. The van der Waals surface area contributed by atoms with Crippen molar-refractivity contribution in [3.8, 4) is 0 Å². The van der Waals surface area contributed by atoms with Gasteiger partial charge in [-0.25, -0.2) is 4.39 Å². The number of hydrogen-bond donors (Lipinski definition) is 1. The van der Waals surface area contributed by atoms with Gasteiger partial charge in [0.25, 0.3) is 0 Å². The van der Waals surface area contributed by atoms with E-state index in [4.69, 9.17) is 0 Å². The fourth-order valence-corrected chi connectivity index (χ4v) is 2.95. The molecule has 0 aromatic heterocycles. The van der Waals surface area contributed by atoms with Gasteiger partial charge in [0.15, 0.2) is 0 Å². The molecule has 1 aliphatic rings. The number of carbonyl (C=O) groups excluding carboxylic acids is 1. The molecule has 0 saturated heterocycles. The molecule has 3 heteroatoms. The lowest BCUT2D eigenvalue weighted by molar-refractivity contribution is -0.117. The second-order valence-electron chi connectivity index (χ2n) is 6.00. The van der Waals surface area contributed by atoms with Crippen LogP contribution in [0.5, 0.6) is 0 Å². The molecule has 118 valence electrons. The van der Waals surface area contributed by atoms with E-state index in [-0.39, 0.29) is 17.8 Å². The molecular weight excluding hydrogens is 289 g/mol. The van der Waals surface area contributed by atoms with Crippen LogP contribution in [0.15, 0.2) is 48.5 Å². The summed E-state index contributed by atoms with van der Waals surface area (Å²) in [5.41, 5.74) is 4.77. The van der Waals surface area contributed by atoms with E-state index in [1.165, 1.54) is 35.8 Å². The van der Waals surface area contributed by atoms with E-state index in [1.54, 1.807) is 18.2 Å². The third-order valence-corrected chi connectivity index (χ3v) is 4.28. The minimum Gasteiger partial charge on any atom is -0.346 e. The first-order chi connectivity index (χ1) is 11.1. The van der Waals surface area contributed by atoms with Crippen LogP contribution < -0.4 is 5.32 Å². The Bertz CT molecular complexity index is 734. The van der Waals surface area contributed by atoms with Crippen molar-refractivity contribution in [2.24, 2.45) is 0 Å². The van der Waals surface area contributed by atoms with Gasteiger partial charge in [-0.1, -0.05) is 30.3 Å². The van der Waals surface area contributed by atoms with Crippen molar-refractivity contribution in [2.75, 3.05) is 0 Å². The average Bonchev–Trinajstić information content (AvgIpc) is 3.02. The third kappa shape index (κ3) is 3.86. The standard InChI is InChI=1S/C20H20FNO/c1-14(17-9-8-16-3-2-4-18(16)13-17)22-20(23)12-7-15-5-10-19(21)11-6-15/h5-14H,2-4H2,1H3,(H,22,23)/b12-7+. The molecule has 0 bridgehead atoms. The number of benzene rings is 2. The molecule has 1 N–H and O–H groups in total. The number of hydrogen-bond acceptors (Lipinski definition) is 1. The summed E-state index contributed by atoms with van der Waals surface area (Å²) in [5, 5.41) is 2.97. The Balaban J connectivity index is 1.62. The fourth-order valence-electron chi connectivity index (χ4n) is 2.95. The molecule has 0 saturated carbocycles. The maximum atomic E-state index is 12.8. The highest BCUT2D eigenvalue weighted by atomic mass is 19.1. The summed E-state index contributed by atoms with van der Waals surface area (Å²) in [7, 11) is 0. The van der Waals surface area contributed by atoms with Crippen LogP contribution in [0.2, 0.25) is 0 Å². The van der Waals surface area contributed by atoms with Gasteiger partial charge in [-0.15, -0.1) is 0 Å². The lowest BCUT2D eigenvalue weighted by atomic mass is 10.0. The molecule has 0 heterocycles. The van der Waals surface area contributed by atoms with E-state index >= 15 is 0 Å². The van der Waals surface area contributed by atoms with Crippen LogP contribution in [0.25, 0.3) is 6.08 Å². The number of fused-ring (bicyclic) bond motifs is 1. The molecule has 1 atom stereocenters. The quantitative estimate of drug-likeness (QED) is 0.842. The van der Waals surface area contributed by atoms with Gasteiger partial charge in [-0.2, -0.15) is 0 Å². The maximum absolute atomic E-state index is 12.8. The number of nitrogens with one attached hydrogen (secondary N) is 1. The van der Waals surface area contributed by atoms with Gasteiger partial charge in [0.05, 0.1) is 6.04 Å². The molecule has 3 rings (SSSR count). The van der Waals surface area contributed by atoms with E-state index in [1.807, 2.05) is 6.92 Å². The topological polar surface area (TPSA) is 29.1 Å². The van der Waals surface area contributed by atoms with Crippen LogP contribution >= 0.6 is 0 Å². The summed E-state index contributed by atoms with van der Waals surface area (Å²) < 4.78 is 12.8. The first-order valence-corrected chi connectivity index (χ1v) is 7.97. The number of aryl methyl sites for hydroxylation is 2. The van der Waals surface area contributed by atoms with Crippen molar-refractivity contribution in [1.29, 1.82) is 0 Å². The van der Waals surface area contributed by atoms with Crippen LogP contribution in [0.3, 0.4) is 0 Å². The van der Waals surface area contributed by atoms with Gasteiger partial charge in [-0.05, 0) is 66.6 Å². The predicted octanol–water partition coefficient (Wildman–Crippen LogP) is 4.21. The molecular formula is C20H20FNO. The molecule has 2 aromatic rings. The first kappa shape index (κ1) is 15.5. The molecule has 2 nitrogen and oxygen atoms in total. The van der Waals surface area contributed by atoms with Gasteiger partial charge >= 0.3 is 0 Å². The summed E-state index contributed by atoms with van der Waals surface area (Å²) in [6.07, 6.45) is 6.69. The van der Waals surface area contributed by atoms with Gasteiger partial charge in [0.1, 0.15) is 5.82 Å². The van der Waals surface area contributed by atoms with Gasteiger partial charge < -0.3 is 5.32 Å². The Hall–Kier alpha value is -2.42. The lowest BCUT2D eigenvalue weighted by Gasteiger charge is -2.14. The summed E-state index contributed by atoms with van der Waals surface area (Å²) >= 11 is 0. The van der Waals surface area contributed by atoms with Crippen molar-refractivity contribution < 1.29 is 9.18 Å². The fraction of sp³-hybridized carbons (Fsp3) is 0.250. The Labute approximate surface area is 136 Å². The minimum atomic E-state index is -0.281. The molecule has 0 radical (unpaired) electrons. The molecule has 23 heavy (non-hydrogen) atoms. The Morgan fingerprint density at radius 2 is 1.87 bits per heavy atom. The number of rotatable bonds is 4. The molecule has 0 spiro atoms. The number of amides is 1. The maximum Gasteiger partial charge on any atom is 0.244 e. The monoisotopic (exact) mass is 309 g/mol. The Morgan fingerprint density at radius 3 is 2.65 bits per heavy atom. The SMILES string of the molecule is CC(NC(=O)/C=C/c1ccc(F)cc1)c1ccc2c(c1)CCC2. The first-order valence-electron chi connectivity index (χ1n) is 7.97. The van der Waals surface area contributed by atoms with Crippen molar-refractivity contribution in [3.05, 3.63) is 76.6 Å². The second-order valence-corrected chi connectivity index (χ2v) is 6.00. The van der Waals surface area contributed by atoms with Crippen LogP contribution in [0.4, 0.5) is 4.39 Å². The lowest BCUT2D eigenvalue weighted by Crippen LogP contribution is -2.24. The molecule has 1 amide bonds. The van der Waals surface area contributed by atoms with Gasteiger partial charge in [0, 0.05) is 6.08 Å². The summed E-state index contributed by atoms with van der Waals surface area (Å²) in [6.45, 7) is 1.99. The van der Waals surface area contributed by atoms with E-state index in [0.29, 0.717) is 0 Å². The van der Waals surface area contributed by atoms with Crippen LogP contribution in [0, 0.1) is 5.82 Å². The van der Waals surface area contributed by atoms with Crippen molar-refractivity contribution in [2.45, 2.75) is 32.2 Å². The summed E-state index contributed by atoms with van der Waals surface area (Å²) in [5.74, 6) is -0.431. The zero-order valence-electron chi connectivity index (χ0n) is 13.2. The highest BCUT2D eigenvalue weighted by molar-refractivity contribution is 5.91. The van der Waals surface area contributed by atoms with E-state index in [0.717, 1.165) is 24.0 Å². The van der Waals surface area contributed by atoms with Crippen molar-refractivity contribution in [1.82, 2.24) is 5.32 Å². The molecule has 2 aromatic carbocycles. The van der Waals surface area contributed by atoms with E-state index < -0.39 is 0 Å². The molecule has 1 aliphatic carbocycles. The molecule has 0 aliphatic heterocycles. The van der Waals surface area contributed by atoms with Crippen LogP contribution in [-0.2, 0) is 17.6 Å². The zero-order valence-corrected chi connectivity index (χ0v) is 13.2. The summed E-state index contributed by atoms with van der Waals surface area (Å²) in [6, 6.07) is 12.5. The van der Waals surface area contributed by atoms with Crippen molar-refractivity contribution in [3.63, 3.8) is 0 Å². The smallest absolute Gasteiger partial charge is 0.244 e. The Kier molecular flexibility index (Phi) is 4.56. The number of carbonyl (C=O) groups is 1. The highest BCUT2D eigenvalue weighted by Crippen LogP contribution is 2.25. The number of halogens is 1. The normalized spacial score (nSPS) is 14.7. The van der Waals surface area contributed by atoms with E-state index in [9.17, 15) is 9.18 Å². The second kappa shape index (κ2) is 6.78. The average molecular weight is 309 g/mol. The van der Waals surface area contributed by atoms with Crippen molar-refractivity contribution >= 4 is 12.0 Å². The van der Waals surface area contributed by atoms with Crippen LogP contribution in [-0.4, -0.2) is 5.91 Å². The van der Waals surface area contributed by atoms with Gasteiger partial charge in [-0.3, -0.25) is 4.79 Å². The Morgan fingerprint density at radius 1 is 1.13 bits per heavy atom. The van der Waals surface area contributed by atoms with Crippen LogP contribution in [0.1, 0.15) is 41.6 Å². The van der Waals surface area contributed by atoms with E-state index in [2.05, 4.69) is 23.5 Å².